The molecule has 2 heterocycles. The van der Waals surface area contributed by atoms with E-state index < -0.39 is 24.0 Å². The van der Waals surface area contributed by atoms with E-state index in [2.05, 4.69) is 10.3 Å². The number of benzene rings is 2. The van der Waals surface area contributed by atoms with Gasteiger partial charge in [0.2, 0.25) is 0 Å². The van der Waals surface area contributed by atoms with E-state index in [9.17, 15) is 18.4 Å². The van der Waals surface area contributed by atoms with E-state index in [-0.39, 0.29) is 12.4 Å². The van der Waals surface area contributed by atoms with E-state index in [0.29, 0.717) is 10.1 Å². The minimum atomic E-state index is -2.80. The van der Waals surface area contributed by atoms with Crippen LogP contribution in [0.5, 0.6) is 0 Å². The van der Waals surface area contributed by atoms with E-state index in [4.69, 9.17) is 0 Å². The molecule has 8 heteroatoms. The second-order valence-electron chi connectivity index (χ2n) is 6.50. The van der Waals surface area contributed by atoms with Crippen molar-refractivity contribution in [3.8, 4) is 0 Å². The second kappa shape index (κ2) is 6.15. The molecular weight excluding hydrogens is 354 g/mol. The Labute approximate surface area is 153 Å². The highest BCUT2D eigenvalue weighted by atomic mass is 19.3. The first-order chi connectivity index (χ1) is 12.9. The number of imide groups is 1. The van der Waals surface area contributed by atoms with Crippen molar-refractivity contribution < 1.29 is 18.4 Å². The van der Waals surface area contributed by atoms with Crippen LogP contribution in [0.4, 0.5) is 13.6 Å². The lowest BCUT2D eigenvalue weighted by molar-refractivity contribution is -0.131. The Morgan fingerprint density at radius 2 is 1.89 bits per heavy atom. The number of nitrogens with one attached hydrogen (secondary N) is 1. The third kappa shape index (κ3) is 2.64. The molecule has 1 saturated heterocycles. The van der Waals surface area contributed by atoms with Gasteiger partial charge in [0.1, 0.15) is 11.4 Å². The second-order valence-corrected chi connectivity index (χ2v) is 6.50. The molecule has 1 aliphatic heterocycles. The van der Waals surface area contributed by atoms with Gasteiger partial charge in [-0.15, -0.1) is 0 Å². The summed E-state index contributed by atoms with van der Waals surface area (Å²) in [6, 6.07) is 12.4. The highest BCUT2D eigenvalue weighted by Gasteiger charge is 2.49. The van der Waals surface area contributed by atoms with E-state index in [1.165, 1.54) is 6.20 Å². The molecule has 27 heavy (non-hydrogen) atoms. The number of imidazole rings is 1. The van der Waals surface area contributed by atoms with Crippen molar-refractivity contribution in [2.45, 2.75) is 25.6 Å². The average Bonchev–Trinajstić information content (AvgIpc) is 3.20. The van der Waals surface area contributed by atoms with Crippen LogP contribution in [0.3, 0.4) is 0 Å². The molecule has 1 aliphatic rings. The molecule has 3 amide bonds. The molecule has 3 aromatic rings. The summed E-state index contributed by atoms with van der Waals surface area (Å²) in [6.45, 7) is -1.51. The fraction of sp³-hybridized carbons (Fsp3) is 0.211. The van der Waals surface area contributed by atoms with Gasteiger partial charge in [0, 0.05) is 12.4 Å². The molecule has 0 bridgehead atoms. The molecule has 6 nitrogen and oxygen atoms in total. The Kier molecular flexibility index (Phi) is 3.91. The number of fused-ring (bicyclic) bond motifs is 1. The molecule has 1 atom stereocenters. The highest BCUT2D eigenvalue weighted by molar-refractivity contribution is 6.09. The molecule has 0 radical (unpaired) electrons. The van der Waals surface area contributed by atoms with Crippen LogP contribution in [-0.4, -0.2) is 26.4 Å². The van der Waals surface area contributed by atoms with Crippen molar-refractivity contribution in [2.24, 2.45) is 0 Å². The molecule has 1 N–H and O–H groups in total. The van der Waals surface area contributed by atoms with Gasteiger partial charge in [-0.05, 0) is 23.3 Å². The summed E-state index contributed by atoms with van der Waals surface area (Å²) < 4.78 is 26.7. The van der Waals surface area contributed by atoms with Crippen LogP contribution in [0.15, 0.2) is 54.9 Å². The maximum absolute atomic E-state index is 13.1. The van der Waals surface area contributed by atoms with E-state index in [1.54, 1.807) is 13.0 Å². The predicted molar refractivity (Wildman–Crippen MR) is 93.9 cm³/mol. The molecule has 4 rings (SSSR count). The molecule has 0 aliphatic carbocycles. The van der Waals surface area contributed by atoms with Gasteiger partial charge in [-0.25, -0.2) is 9.78 Å². The number of carbonyl (C=O) groups is 2. The lowest BCUT2D eigenvalue weighted by atomic mass is 9.88. The third-order valence-corrected chi connectivity index (χ3v) is 4.86. The topological polar surface area (TPSA) is 67.2 Å². The summed E-state index contributed by atoms with van der Waals surface area (Å²) in [5.74, 6) is -0.566. The summed E-state index contributed by atoms with van der Waals surface area (Å²) in [5, 5.41) is 4.49. The van der Waals surface area contributed by atoms with E-state index >= 15 is 0 Å². The number of amides is 3. The van der Waals surface area contributed by atoms with Gasteiger partial charge in [0.15, 0.2) is 0 Å². The molecule has 0 spiro atoms. The van der Waals surface area contributed by atoms with Crippen molar-refractivity contribution in [3.63, 3.8) is 0 Å². The smallest absolute Gasteiger partial charge is 0.319 e. The first-order valence-corrected chi connectivity index (χ1v) is 8.34. The standard InChI is InChI=1S/C19H16F2N4O2/c1-19(14-8-4-6-12-5-2-3-7-13(12)14)16(26)25(18(27)23-19)11-15-22-9-10-24(15)17(20)21/h2-10,17H,11H2,1H3,(H,23,27). The molecule has 1 unspecified atom stereocenters. The van der Waals surface area contributed by atoms with Gasteiger partial charge in [-0.1, -0.05) is 42.5 Å². The van der Waals surface area contributed by atoms with Crippen LogP contribution in [0.25, 0.3) is 10.8 Å². The Bertz CT molecular complexity index is 1040. The van der Waals surface area contributed by atoms with Crippen LogP contribution in [0.1, 0.15) is 24.9 Å². The van der Waals surface area contributed by atoms with Crippen molar-refractivity contribution >= 4 is 22.7 Å². The van der Waals surface area contributed by atoms with Gasteiger partial charge < -0.3 is 5.32 Å². The first kappa shape index (κ1) is 17.1. The summed E-state index contributed by atoms with van der Waals surface area (Å²) >= 11 is 0. The predicted octanol–water partition coefficient (Wildman–Crippen LogP) is 3.40. The fourth-order valence-electron chi connectivity index (χ4n) is 3.47. The van der Waals surface area contributed by atoms with E-state index in [1.807, 2.05) is 36.4 Å². The van der Waals surface area contributed by atoms with Gasteiger partial charge in [0.25, 0.3) is 5.91 Å². The maximum Gasteiger partial charge on any atom is 0.325 e. The molecule has 2 aromatic carbocycles. The van der Waals surface area contributed by atoms with Gasteiger partial charge >= 0.3 is 12.6 Å². The number of nitrogens with zero attached hydrogens (tertiary/aromatic N) is 3. The molecular formula is C19H16F2N4O2. The normalized spacial score (nSPS) is 19.9. The van der Waals surface area contributed by atoms with Crippen molar-refractivity contribution in [1.29, 1.82) is 0 Å². The summed E-state index contributed by atoms with van der Waals surface area (Å²) in [6.07, 6.45) is 2.33. The Morgan fingerprint density at radius 3 is 2.67 bits per heavy atom. The van der Waals surface area contributed by atoms with E-state index in [0.717, 1.165) is 21.9 Å². The monoisotopic (exact) mass is 370 g/mol. The van der Waals surface area contributed by atoms with Crippen molar-refractivity contribution in [1.82, 2.24) is 19.8 Å². The molecule has 1 fully saturated rings. The lowest BCUT2D eigenvalue weighted by Crippen LogP contribution is -2.41. The lowest BCUT2D eigenvalue weighted by Gasteiger charge is -2.24. The van der Waals surface area contributed by atoms with Crippen LogP contribution < -0.4 is 5.32 Å². The fourth-order valence-corrected chi connectivity index (χ4v) is 3.47. The SMILES string of the molecule is CC1(c2cccc3ccccc23)NC(=O)N(Cc2nccn2C(F)F)C1=O. The molecule has 0 saturated carbocycles. The van der Waals surface area contributed by atoms with Gasteiger partial charge in [0.05, 0.1) is 6.54 Å². The molecule has 138 valence electrons. The number of rotatable bonds is 4. The number of urea groups is 1. The highest BCUT2D eigenvalue weighted by Crippen LogP contribution is 2.34. The van der Waals surface area contributed by atoms with Crippen molar-refractivity contribution in [3.05, 3.63) is 66.2 Å². The number of alkyl halides is 2. The summed E-state index contributed by atoms with van der Waals surface area (Å²) in [5.41, 5.74) is -0.640. The maximum atomic E-state index is 13.1. The van der Waals surface area contributed by atoms with Gasteiger partial charge in [-0.2, -0.15) is 8.78 Å². The minimum absolute atomic E-state index is 0.0596. The minimum Gasteiger partial charge on any atom is -0.319 e. The zero-order valence-corrected chi connectivity index (χ0v) is 14.4. The Morgan fingerprint density at radius 1 is 1.15 bits per heavy atom. The largest absolute Gasteiger partial charge is 0.325 e. The van der Waals surface area contributed by atoms with Crippen LogP contribution in [-0.2, 0) is 16.9 Å². The number of hydrogen-bond acceptors (Lipinski definition) is 3. The average molecular weight is 370 g/mol. The number of halogens is 2. The zero-order chi connectivity index (χ0) is 19.2. The summed E-state index contributed by atoms with van der Waals surface area (Å²) in [7, 11) is 0. The number of aromatic nitrogens is 2. The van der Waals surface area contributed by atoms with Crippen LogP contribution in [0.2, 0.25) is 0 Å². The van der Waals surface area contributed by atoms with Crippen LogP contribution >= 0.6 is 0 Å². The number of carbonyl (C=O) groups excluding carboxylic acids is 2. The molecule has 1 aromatic heterocycles. The Balaban J connectivity index is 1.72. The quantitative estimate of drug-likeness (QED) is 0.716. The number of hydrogen-bond donors (Lipinski definition) is 1. The third-order valence-electron chi connectivity index (χ3n) is 4.86. The Hall–Kier alpha value is -3.29. The van der Waals surface area contributed by atoms with Crippen molar-refractivity contribution in [2.75, 3.05) is 0 Å². The summed E-state index contributed by atoms with van der Waals surface area (Å²) in [4.78, 5) is 30.4. The zero-order valence-electron chi connectivity index (χ0n) is 14.4. The van der Waals surface area contributed by atoms with Crippen LogP contribution in [0, 0.1) is 0 Å². The van der Waals surface area contributed by atoms with Gasteiger partial charge in [-0.3, -0.25) is 14.3 Å². The first-order valence-electron chi connectivity index (χ1n) is 8.34.